The lowest BCUT2D eigenvalue weighted by Crippen LogP contribution is -2.37. The number of hydrogen-bond acceptors (Lipinski definition) is 9. The van der Waals surface area contributed by atoms with Gasteiger partial charge in [0.15, 0.2) is 0 Å². The van der Waals surface area contributed by atoms with E-state index >= 15 is 0 Å². The maximum atomic E-state index is 12.5. The Hall–Kier alpha value is -2.65. The number of carbonyl (C=O) groups is 1. The van der Waals surface area contributed by atoms with Crippen LogP contribution in [0.15, 0.2) is 24.8 Å². The third-order valence-electron chi connectivity index (χ3n) is 4.41. The monoisotopic (exact) mass is 356 g/mol. The fourth-order valence-electron chi connectivity index (χ4n) is 2.92. The Balaban J connectivity index is 1.44. The lowest BCUT2D eigenvalue weighted by atomic mass is 10.2. The van der Waals surface area contributed by atoms with E-state index < -0.39 is 0 Å². The van der Waals surface area contributed by atoms with Gasteiger partial charge in [-0.05, 0) is 0 Å². The number of hydrogen-bond donors (Lipinski definition) is 0. The van der Waals surface area contributed by atoms with Crippen molar-refractivity contribution in [3.63, 3.8) is 0 Å². The molecule has 2 aliphatic heterocycles. The molecule has 2 aromatic rings. The molecule has 4 rings (SSSR count). The molecule has 0 atom stereocenters. The molecule has 26 heavy (non-hydrogen) atoms. The molecule has 2 saturated heterocycles. The van der Waals surface area contributed by atoms with Gasteiger partial charge in [-0.2, -0.15) is 0 Å². The van der Waals surface area contributed by atoms with Crippen molar-refractivity contribution in [2.75, 3.05) is 62.4 Å². The van der Waals surface area contributed by atoms with Crippen molar-refractivity contribution in [2.45, 2.75) is 0 Å². The lowest BCUT2D eigenvalue weighted by Gasteiger charge is -2.27. The number of nitrogens with zero attached hydrogens (tertiary/aromatic N) is 6. The van der Waals surface area contributed by atoms with Crippen molar-refractivity contribution in [1.82, 2.24) is 19.9 Å². The van der Waals surface area contributed by atoms with Crippen LogP contribution >= 0.6 is 0 Å². The molecule has 9 heteroatoms. The minimum Gasteiger partial charge on any atom is -0.378 e. The average molecular weight is 356 g/mol. The van der Waals surface area contributed by atoms with Crippen molar-refractivity contribution < 1.29 is 14.3 Å². The van der Waals surface area contributed by atoms with Gasteiger partial charge < -0.3 is 19.3 Å². The fourth-order valence-corrected chi connectivity index (χ4v) is 2.92. The Labute approximate surface area is 151 Å². The van der Waals surface area contributed by atoms with Gasteiger partial charge in [-0.3, -0.25) is 4.79 Å². The predicted molar refractivity (Wildman–Crippen MR) is 93.6 cm³/mol. The van der Waals surface area contributed by atoms with Crippen LogP contribution in [-0.4, -0.2) is 78.3 Å². The van der Waals surface area contributed by atoms with Crippen molar-refractivity contribution in [3.8, 4) is 0 Å². The molecular formula is C17H20N6O3. The second-order valence-corrected chi connectivity index (χ2v) is 6.05. The minimum absolute atomic E-state index is 0.260. The molecule has 2 aliphatic rings. The van der Waals surface area contributed by atoms with Gasteiger partial charge in [0.2, 0.25) is 5.78 Å². The highest BCUT2D eigenvalue weighted by Gasteiger charge is 2.18. The maximum Gasteiger partial charge on any atom is 0.232 e. The zero-order valence-corrected chi connectivity index (χ0v) is 14.4. The van der Waals surface area contributed by atoms with E-state index in [2.05, 4.69) is 29.7 Å². The van der Waals surface area contributed by atoms with Gasteiger partial charge >= 0.3 is 0 Å². The van der Waals surface area contributed by atoms with E-state index in [0.29, 0.717) is 26.4 Å². The summed E-state index contributed by atoms with van der Waals surface area (Å²) in [5, 5.41) is 0. The third kappa shape index (κ3) is 3.63. The van der Waals surface area contributed by atoms with Crippen molar-refractivity contribution in [1.29, 1.82) is 0 Å². The highest BCUT2D eigenvalue weighted by atomic mass is 16.5. The summed E-state index contributed by atoms with van der Waals surface area (Å²) in [4.78, 5) is 33.9. The summed E-state index contributed by atoms with van der Waals surface area (Å²) in [6.07, 6.45) is 6.22. The van der Waals surface area contributed by atoms with Crippen LogP contribution in [0.3, 0.4) is 0 Å². The fraction of sp³-hybridized carbons (Fsp3) is 0.471. The first kappa shape index (κ1) is 16.8. The van der Waals surface area contributed by atoms with Crippen molar-refractivity contribution >= 4 is 17.4 Å². The molecule has 0 saturated carbocycles. The molecule has 0 unspecified atom stereocenters. The second-order valence-electron chi connectivity index (χ2n) is 6.05. The Morgan fingerprint density at radius 2 is 1.12 bits per heavy atom. The molecule has 0 bridgehead atoms. The van der Waals surface area contributed by atoms with Gasteiger partial charge in [0.25, 0.3) is 0 Å². The van der Waals surface area contributed by atoms with E-state index in [1.807, 2.05) is 0 Å². The minimum atomic E-state index is -0.285. The Bertz CT molecular complexity index is 677. The summed E-state index contributed by atoms with van der Waals surface area (Å²) in [5.41, 5.74) is 0.519. The van der Waals surface area contributed by atoms with Gasteiger partial charge in [0.05, 0.1) is 51.2 Å². The Kier molecular flexibility index (Phi) is 4.98. The SMILES string of the molecule is O=C(c1cnc(N2CCOCC2)cn1)c1cnc(N2CCOCC2)cn1. The molecule has 9 nitrogen and oxygen atoms in total. The highest BCUT2D eigenvalue weighted by Crippen LogP contribution is 2.14. The molecule has 2 aromatic heterocycles. The van der Waals surface area contributed by atoms with Crippen LogP contribution in [0.5, 0.6) is 0 Å². The number of aromatic nitrogens is 4. The summed E-state index contributed by atoms with van der Waals surface area (Å²) in [6, 6.07) is 0. The largest absolute Gasteiger partial charge is 0.378 e. The second kappa shape index (κ2) is 7.71. The molecule has 136 valence electrons. The molecule has 0 radical (unpaired) electrons. The predicted octanol–water partition coefficient (Wildman–Crippen LogP) is 0.171. The molecule has 2 fully saturated rings. The molecule has 0 amide bonds. The van der Waals surface area contributed by atoms with Crippen LogP contribution in [0.25, 0.3) is 0 Å². The van der Waals surface area contributed by atoms with Gasteiger partial charge in [-0.15, -0.1) is 0 Å². The van der Waals surface area contributed by atoms with Gasteiger partial charge in [0.1, 0.15) is 23.0 Å². The van der Waals surface area contributed by atoms with Crippen LogP contribution in [0.4, 0.5) is 11.6 Å². The van der Waals surface area contributed by atoms with Crippen LogP contribution < -0.4 is 9.80 Å². The molecule has 4 heterocycles. The first-order chi connectivity index (χ1) is 12.8. The summed E-state index contributed by atoms with van der Waals surface area (Å²) in [5.74, 6) is 1.21. The normalized spacial score (nSPS) is 18.0. The van der Waals surface area contributed by atoms with E-state index in [4.69, 9.17) is 9.47 Å². The van der Waals surface area contributed by atoms with E-state index in [9.17, 15) is 4.79 Å². The van der Waals surface area contributed by atoms with Gasteiger partial charge in [-0.25, -0.2) is 19.9 Å². The molecule has 0 spiro atoms. The Morgan fingerprint density at radius 3 is 1.46 bits per heavy atom. The maximum absolute atomic E-state index is 12.5. The first-order valence-corrected chi connectivity index (χ1v) is 8.65. The van der Waals surface area contributed by atoms with Crippen molar-refractivity contribution in [3.05, 3.63) is 36.2 Å². The van der Waals surface area contributed by atoms with E-state index in [1.54, 1.807) is 12.4 Å². The van der Waals surface area contributed by atoms with Crippen LogP contribution in [0.1, 0.15) is 16.2 Å². The van der Waals surface area contributed by atoms with Gasteiger partial charge in [0, 0.05) is 26.2 Å². The number of carbonyl (C=O) groups excluding carboxylic acids is 1. The van der Waals surface area contributed by atoms with Crippen LogP contribution in [-0.2, 0) is 9.47 Å². The molecular weight excluding hydrogens is 336 g/mol. The summed E-state index contributed by atoms with van der Waals surface area (Å²) < 4.78 is 10.6. The third-order valence-corrected chi connectivity index (χ3v) is 4.41. The lowest BCUT2D eigenvalue weighted by molar-refractivity contribution is 0.102. The van der Waals surface area contributed by atoms with Crippen LogP contribution in [0.2, 0.25) is 0 Å². The van der Waals surface area contributed by atoms with Crippen molar-refractivity contribution in [2.24, 2.45) is 0 Å². The smallest absolute Gasteiger partial charge is 0.232 e. The van der Waals surface area contributed by atoms with E-state index in [1.165, 1.54) is 12.4 Å². The van der Waals surface area contributed by atoms with Gasteiger partial charge in [-0.1, -0.05) is 0 Å². The standard InChI is InChI=1S/C17H20N6O3/c24-17(13-9-20-15(11-18-13)22-1-5-25-6-2-22)14-10-21-16(12-19-14)23-3-7-26-8-4-23/h9-12H,1-8H2. The number of ether oxygens (including phenoxy) is 2. The van der Waals surface area contributed by atoms with E-state index in [-0.39, 0.29) is 17.2 Å². The van der Waals surface area contributed by atoms with Crippen LogP contribution in [0, 0.1) is 0 Å². The summed E-state index contributed by atoms with van der Waals surface area (Å²) in [7, 11) is 0. The molecule has 0 aliphatic carbocycles. The Morgan fingerprint density at radius 1 is 0.692 bits per heavy atom. The number of anilines is 2. The molecule has 0 N–H and O–H groups in total. The number of ketones is 1. The summed E-state index contributed by atoms with van der Waals surface area (Å²) >= 11 is 0. The number of rotatable bonds is 4. The van der Waals surface area contributed by atoms with E-state index in [0.717, 1.165) is 37.8 Å². The quantitative estimate of drug-likeness (QED) is 0.711. The first-order valence-electron chi connectivity index (χ1n) is 8.65. The summed E-state index contributed by atoms with van der Waals surface area (Å²) in [6.45, 7) is 5.79. The highest BCUT2D eigenvalue weighted by molar-refractivity contribution is 6.06. The zero-order valence-electron chi connectivity index (χ0n) is 14.4. The average Bonchev–Trinajstić information content (AvgIpc) is 2.75. The zero-order chi connectivity index (χ0) is 17.8. The number of morpholine rings is 2. The topological polar surface area (TPSA) is 93.6 Å². The molecule has 0 aromatic carbocycles.